The third kappa shape index (κ3) is 3.94. The lowest BCUT2D eigenvalue weighted by atomic mass is 9.95. The van der Waals surface area contributed by atoms with Crippen LogP contribution in [0.1, 0.15) is 0 Å². The predicted molar refractivity (Wildman–Crippen MR) is 175 cm³/mol. The third-order valence-electron chi connectivity index (χ3n) is 8.15. The van der Waals surface area contributed by atoms with E-state index in [9.17, 15) is 0 Å². The highest BCUT2D eigenvalue weighted by Crippen LogP contribution is 2.42. The van der Waals surface area contributed by atoms with Crippen molar-refractivity contribution in [3.63, 3.8) is 0 Å². The molecule has 0 radical (unpaired) electrons. The molecule has 192 valence electrons. The fourth-order valence-electron chi connectivity index (χ4n) is 6.28. The van der Waals surface area contributed by atoms with Crippen LogP contribution in [0.2, 0.25) is 0 Å². The summed E-state index contributed by atoms with van der Waals surface area (Å²) in [5.41, 5.74) is 10.9. The third-order valence-corrected chi connectivity index (χ3v) is 8.15. The monoisotopic (exact) mass is 521 g/mol. The molecule has 0 aliphatic carbocycles. The van der Waals surface area contributed by atoms with Crippen molar-refractivity contribution in [2.45, 2.75) is 0 Å². The van der Waals surface area contributed by atoms with Crippen LogP contribution in [0.5, 0.6) is 0 Å². The largest absolute Gasteiger partial charge is 0.309 e. The summed E-state index contributed by atoms with van der Waals surface area (Å²) in [7, 11) is 0. The average molecular weight is 522 g/mol. The number of hydrogen-bond donors (Lipinski definition) is 0. The molecule has 0 unspecified atom stereocenters. The zero-order valence-corrected chi connectivity index (χ0v) is 22.5. The number of nitrogens with zero attached hydrogens (tertiary/aromatic N) is 1. The summed E-state index contributed by atoms with van der Waals surface area (Å²) in [4.78, 5) is 0. The van der Waals surface area contributed by atoms with Gasteiger partial charge in [0.25, 0.3) is 0 Å². The van der Waals surface area contributed by atoms with Crippen molar-refractivity contribution in [2.75, 3.05) is 0 Å². The van der Waals surface area contributed by atoms with E-state index in [-0.39, 0.29) is 0 Å². The molecule has 1 aromatic heterocycles. The standard InChI is InChI=1S/C40H27N/c1-4-14-28(15-5-1)31-24-32(29-16-6-2-7-17-29)26-33(25-31)41-39-23-13-12-21-35(39)38-27-37(30-18-8-3-9-19-30)34-20-10-11-22-36(34)40(38)41/h1-27H. The topological polar surface area (TPSA) is 4.93 Å². The first kappa shape index (κ1) is 23.5. The maximum atomic E-state index is 2.47. The van der Waals surface area contributed by atoms with E-state index in [1.165, 1.54) is 66.0 Å². The number of rotatable bonds is 4. The molecule has 0 atom stereocenters. The first-order valence-corrected chi connectivity index (χ1v) is 14.1. The second-order valence-electron chi connectivity index (χ2n) is 10.6. The molecular formula is C40H27N. The van der Waals surface area contributed by atoms with Crippen LogP contribution in [0, 0.1) is 0 Å². The number of fused-ring (bicyclic) bond motifs is 5. The molecule has 8 aromatic rings. The van der Waals surface area contributed by atoms with Crippen LogP contribution >= 0.6 is 0 Å². The zero-order chi connectivity index (χ0) is 27.2. The second kappa shape index (κ2) is 9.66. The quantitative estimate of drug-likeness (QED) is 0.217. The average Bonchev–Trinajstić information content (AvgIpc) is 3.40. The lowest BCUT2D eigenvalue weighted by Gasteiger charge is -2.16. The van der Waals surface area contributed by atoms with Gasteiger partial charge in [0, 0.05) is 21.8 Å². The molecular weight excluding hydrogens is 494 g/mol. The molecule has 0 N–H and O–H groups in total. The number of benzene rings is 7. The summed E-state index contributed by atoms with van der Waals surface area (Å²) in [6.07, 6.45) is 0. The van der Waals surface area contributed by atoms with Crippen molar-refractivity contribution < 1.29 is 0 Å². The van der Waals surface area contributed by atoms with Gasteiger partial charge in [0.15, 0.2) is 0 Å². The summed E-state index contributed by atoms with van der Waals surface area (Å²) >= 11 is 0. The SMILES string of the molecule is c1ccc(-c2cc(-c3ccccc3)cc(-n3c4ccccc4c4cc(-c5ccccc5)c5ccccc5c43)c2)cc1. The van der Waals surface area contributed by atoms with E-state index in [4.69, 9.17) is 0 Å². The Labute approximate surface area is 239 Å². The number of hydrogen-bond acceptors (Lipinski definition) is 0. The van der Waals surface area contributed by atoms with E-state index in [0.717, 1.165) is 5.69 Å². The summed E-state index contributed by atoms with van der Waals surface area (Å²) in [6.45, 7) is 0. The van der Waals surface area contributed by atoms with Gasteiger partial charge in [-0.15, -0.1) is 0 Å². The van der Waals surface area contributed by atoms with Gasteiger partial charge in [-0.3, -0.25) is 0 Å². The molecule has 41 heavy (non-hydrogen) atoms. The van der Waals surface area contributed by atoms with Crippen molar-refractivity contribution in [2.24, 2.45) is 0 Å². The highest BCUT2D eigenvalue weighted by atomic mass is 15.0. The Morgan fingerprint density at radius 3 is 1.41 bits per heavy atom. The Morgan fingerprint density at radius 1 is 0.317 bits per heavy atom. The first-order chi connectivity index (χ1) is 20.3. The molecule has 0 saturated carbocycles. The van der Waals surface area contributed by atoms with Gasteiger partial charge in [0.05, 0.1) is 11.0 Å². The van der Waals surface area contributed by atoms with Gasteiger partial charge in [-0.25, -0.2) is 0 Å². The summed E-state index contributed by atoms with van der Waals surface area (Å²) in [5, 5.41) is 5.05. The Balaban J connectivity index is 1.51. The number of para-hydroxylation sites is 1. The van der Waals surface area contributed by atoms with Gasteiger partial charge in [-0.1, -0.05) is 133 Å². The van der Waals surface area contributed by atoms with Crippen molar-refractivity contribution in [3.8, 4) is 39.1 Å². The van der Waals surface area contributed by atoms with E-state index in [1.54, 1.807) is 0 Å². The van der Waals surface area contributed by atoms with Crippen LogP contribution < -0.4 is 0 Å². The normalized spacial score (nSPS) is 11.4. The molecule has 7 aromatic carbocycles. The van der Waals surface area contributed by atoms with E-state index in [2.05, 4.69) is 168 Å². The maximum absolute atomic E-state index is 2.47. The molecule has 0 amide bonds. The second-order valence-corrected chi connectivity index (χ2v) is 10.6. The Bertz CT molecular complexity index is 2110. The van der Waals surface area contributed by atoms with Crippen LogP contribution in [-0.2, 0) is 0 Å². The molecule has 1 heteroatoms. The fraction of sp³-hybridized carbons (Fsp3) is 0. The molecule has 0 aliphatic rings. The Kier molecular flexibility index (Phi) is 5.53. The molecule has 0 spiro atoms. The highest BCUT2D eigenvalue weighted by molar-refractivity contribution is 6.22. The van der Waals surface area contributed by atoms with Crippen LogP contribution in [0.3, 0.4) is 0 Å². The predicted octanol–water partition coefficient (Wildman–Crippen LogP) is 10.9. The van der Waals surface area contributed by atoms with Gasteiger partial charge in [-0.2, -0.15) is 0 Å². The molecule has 0 bridgehead atoms. The van der Waals surface area contributed by atoms with Crippen molar-refractivity contribution >= 4 is 32.6 Å². The van der Waals surface area contributed by atoms with Gasteiger partial charge in [0.2, 0.25) is 0 Å². The summed E-state index contributed by atoms with van der Waals surface area (Å²) in [5.74, 6) is 0. The van der Waals surface area contributed by atoms with Crippen molar-refractivity contribution in [1.29, 1.82) is 0 Å². The molecule has 1 heterocycles. The Morgan fingerprint density at radius 2 is 0.805 bits per heavy atom. The van der Waals surface area contributed by atoms with E-state index >= 15 is 0 Å². The highest BCUT2D eigenvalue weighted by Gasteiger charge is 2.19. The molecule has 1 nitrogen and oxygen atoms in total. The lowest BCUT2D eigenvalue weighted by molar-refractivity contribution is 1.19. The lowest BCUT2D eigenvalue weighted by Crippen LogP contribution is -1.97. The van der Waals surface area contributed by atoms with Gasteiger partial charge in [0.1, 0.15) is 0 Å². The maximum Gasteiger partial charge on any atom is 0.0619 e. The molecule has 8 rings (SSSR count). The van der Waals surface area contributed by atoms with Crippen LogP contribution in [0.15, 0.2) is 164 Å². The summed E-state index contributed by atoms with van der Waals surface area (Å²) in [6, 6.07) is 59.2. The van der Waals surface area contributed by atoms with Crippen LogP contribution in [0.4, 0.5) is 0 Å². The minimum atomic E-state index is 1.16. The fourth-order valence-corrected chi connectivity index (χ4v) is 6.28. The van der Waals surface area contributed by atoms with Gasteiger partial charge >= 0.3 is 0 Å². The minimum absolute atomic E-state index is 1.16. The number of aromatic nitrogens is 1. The molecule has 0 fully saturated rings. The van der Waals surface area contributed by atoms with E-state index in [1.807, 2.05) is 0 Å². The van der Waals surface area contributed by atoms with Gasteiger partial charge < -0.3 is 4.57 Å². The molecule has 0 aliphatic heterocycles. The Hall–Kier alpha value is -5.40. The van der Waals surface area contributed by atoms with Crippen LogP contribution in [0.25, 0.3) is 71.6 Å². The van der Waals surface area contributed by atoms with Crippen LogP contribution in [-0.4, -0.2) is 4.57 Å². The van der Waals surface area contributed by atoms with Gasteiger partial charge in [-0.05, 0) is 69.1 Å². The minimum Gasteiger partial charge on any atom is -0.309 e. The van der Waals surface area contributed by atoms with E-state index < -0.39 is 0 Å². The first-order valence-electron chi connectivity index (χ1n) is 14.1. The van der Waals surface area contributed by atoms with Crippen molar-refractivity contribution in [3.05, 3.63) is 164 Å². The summed E-state index contributed by atoms with van der Waals surface area (Å²) < 4.78 is 2.47. The zero-order valence-electron chi connectivity index (χ0n) is 22.5. The smallest absolute Gasteiger partial charge is 0.0619 e. The van der Waals surface area contributed by atoms with Crippen molar-refractivity contribution in [1.82, 2.24) is 4.57 Å². The molecule has 0 saturated heterocycles. The van der Waals surface area contributed by atoms with E-state index in [0.29, 0.717) is 0 Å².